The Morgan fingerprint density at radius 1 is 1.19 bits per heavy atom. The van der Waals surface area contributed by atoms with Crippen molar-refractivity contribution in [1.82, 2.24) is 23.5 Å². The number of aromatic nitrogens is 5. The van der Waals surface area contributed by atoms with Gasteiger partial charge >= 0.3 is 12.1 Å². The number of amides is 1. The lowest BCUT2D eigenvalue weighted by molar-refractivity contribution is -0.141. The van der Waals surface area contributed by atoms with E-state index in [-0.39, 0.29) is 32.6 Å². The van der Waals surface area contributed by atoms with E-state index in [9.17, 15) is 27.9 Å². The van der Waals surface area contributed by atoms with Crippen LogP contribution in [-0.4, -0.2) is 40.5 Å². The minimum atomic E-state index is -4.88. The third kappa shape index (κ3) is 3.85. The van der Waals surface area contributed by atoms with Gasteiger partial charge in [0, 0.05) is 12.3 Å². The molecule has 9 nitrogen and oxygen atoms in total. The van der Waals surface area contributed by atoms with Gasteiger partial charge in [-0.05, 0) is 18.2 Å². The van der Waals surface area contributed by atoms with Crippen molar-refractivity contribution >= 4 is 63.5 Å². The summed E-state index contributed by atoms with van der Waals surface area (Å²) >= 11 is 13.0. The van der Waals surface area contributed by atoms with Crippen molar-refractivity contribution in [2.24, 2.45) is 0 Å². The maximum absolute atomic E-state index is 13.3. The number of nitrogens with zero attached hydrogens (tertiary/aromatic N) is 5. The number of benzene rings is 1. The minimum Gasteiger partial charge on any atom is -0.478 e. The molecule has 2 N–H and O–H groups in total. The zero-order valence-corrected chi connectivity index (χ0v) is 17.5. The maximum Gasteiger partial charge on any atom is 0.435 e. The van der Waals surface area contributed by atoms with Crippen LogP contribution in [0.2, 0.25) is 10.0 Å². The van der Waals surface area contributed by atoms with Crippen molar-refractivity contribution in [1.29, 1.82) is 0 Å². The highest BCUT2D eigenvalue weighted by molar-refractivity contribution is 7.00. The monoisotopic (exact) mass is 502 g/mol. The summed E-state index contributed by atoms with van der Waals surface area (Å²) in [7, 11) is 0. The number of hydrogen-bond donors (Lipinski definition) is 2. The molecule has 4 rings (SSSR count). The van der Waals surface area contributed by atoms with Gasteiger partial charge in [0.1, 0.15) is 16.7 Å². The molecule has 164 valence electrons. The maximum atomic E-state index is 13.3. The molecule has 32 heavy (non-hydrogen) atoms. The first-order valence-electron chi connectivity index (χ1n) is 8.35. The van der Waals surface area contributed by atoms with Crippen LogP contribution in [0.3, 0.4) is 0 Å². The fraction of sp³-hybridized carbons (Fsp3) is 0.0588. The smallest absolute Gasteiger partial charge is 0.435 e. The van der Waals surface area contributed by atoms with E-state index in [2.05, 4.69) is 24.1 Å². The molecule has 0 spiro atoms. The highest BCUT2D eigenvalue weighted by atomic mass is 35.5. The van der Waals surface area contributed by atoms with Gasteiger partial charge in [-0.2, -0.15) is 27.0 Å². The predicted molar refractivity (Wildman–Crippen MR) is 109 cm³/mol. The lowest BCUT2D eigenvalue weighted by Gasteiger charge is -2.12. The Kier molecular flexibility index (Phi) is 5.48. The lowest BCUT2D eigenvalue weighted by atomic mass is 10.1. The van der Waals surface area contributed by atoms with Crippen LogP contribution in [0.5, 0.6) is 0 Å². The van der Waals surface area contributed by atoms with E-state index < -0.39 is 35.0 Å². The van der Waals surface area contributed by atoms with E-state index in [1.165, 1.54) is 18.3 Å². The summed E-state index contributed by atoms with van der Waals surface area (Å²) in [5, 5.41) is 14.8. The number of hydrogen-bond acceptors (Lipinski definition) is 7. The summed E-state index contributed by atoms with van der Waals surface area (Å²) in [6, 6.07) is 4.41. The fourth-order valence-corrected chi connectivity index (χ4v) is 3.81. The van der Waals surface area contributed by atoms with E-state index in [1.807, 2.05) is 0 Å². The number of fused-ring (bicyclic) bond motifs is 1. The van der Waals surface area contributed by atoms with Crippen LogP contribution in [0, 0.1) is 0 Å². The number of carboxylic acids is 1. The minimum absolute atomic E-state index is 0.0717. The molecule has 1 aromatic carbocycles. The molecule has 0 unspecified atom stereocenters. The SMILES string of the molecule is O=C(O)c1cc2nsnc2c(Cl)c1NC(=O)c1cc(C(F)(F)F)nn1-c1ncccc1Cl. The number of carbonyl (C=O) groups is 2. The number of rotatable bonds is 4. The largest absolute Gasteiger partial charge is 0.478 e. The quantitative estimate of drug-likeness (QED) is 0.419. The van der Waals surface area contributed by atoms with Gasteiger partial charge in [-0.1, -0.05) is 23.2 Å². The van der Waals surface area contributed by atoms with Crippen LogP contribution in [0.4, 0.5) is 18.9 Å². The van der Waals surface area contributed by atoms with Crippen LogP contribution >= 0.6 is 34.9 Å². The first-order valence-corrected chi connectivity index (χ1v) is 9.84. The molecule has 0 aliphatic rings. The molecule has 0 aliphatic heterocycles. The van der Waals surface area contributed by atoms with Crippen LogP contribution in [-0.2, 0) is 6.18 Å². The van der Waals surface area contributed by atoms with Crippen LogP contribution in [0.25, 0.3) is 16.9 Å². The highest BCUT2D eigenvalue weighted by Gasteiger charge is 2.37. The van der Waals surface area contributed by atoms with Gasteiger partial charge in [0.05, 0.1) is 33.0 Å². The van der Waals surface area contributed by atoms with Crippen LogP contribution in [0.1, 0.15) is 26.5 Å². The summed E-state index contributed by atoms with van der Waals surface area (Å²) in [4.78, 5) is 28.5. The second kappa shape index (κ2) is 8.00. The number of carboxylic acid groups (broad SMARTS) is 1. The summed E-state index contributed by atoms with van der Waals surface area (Å²) < 4.78 is 48.3. The molecular formula is C17H7Cl2F3N6O3S. The topological polar surface area (TPSA) is 123 Å². The zero-order chi connectivity index (χ0) is 23.2. The third-order valence-corrected chi connectivity index (χ3v) is 5.34. The summed E-state index contributed by atoms with van der Waals surface area (Å²) in [6.07, 6.45) is -3.63. The van der Waals surface area contributed by atoms with Crippen molar-refractivity contribution in [2.75, 3.05) is 5.32 Å². The Balaban J connectivity index is 1.85. The molecule has 15 heteroatoms. The van der Waals surface area contributed by atoms with Crippen molar-refractivity contribution in [3.8, 4) is 5.82 Å². The Bertz CT molecular complexity index is 1390. The summed E-state index contributed by atoms with van der Waals surface area (Å²) in [6.45, 7) is 0. The molecule has 4 aromatic rings. The predicted octanol–water partition coefficient (Wildman–Crippen LogP) is 4.55. The first kappa shape index (κ1) is 21.9. The van der Waals surface area contributed by atoms with Crippen molar-refractivity contribution in [3.05, 3.63) is 57.5 Å². The van der Waals surface area contributed by atoms with E-state index in [0.29, 0.717) is 10.7 Å². The van der Waals surface area contributed by atoms with Crippen molar-refractivity contribution in [2.45, 2.75) is 6.18 Å². The molecule has 0 bridgehead atoms. The van der Waals surface area contributed by atoms with E-state index in [4.69, 9.17) is 23.2 Å². The number of alkyl halides is 3. The van der Waals surface area contributed by atoms with Gasteiger partial charge < -0.3 is 10.4 Å². The molecule has 0 saturated heterocycles. The summed E-state index contributed by atoms with van der Waals surface area (Å²) in [5.74, 6) is -2.82. The Morgan fingerprint density at radius 2 is 1.94 bits per heavy atom. The average molecular weight is 503 g/mol. The van der Waals surface area contributed by atoms with Gasteiger partial charge in [0.15, 0.2) is 11.5 Å². The molecule has 3 heterocycles. The second-order valence-electron chi connectivity index (χ2n) is 6.14. The zero-order valence-electron chi connectivity index (χ0n) is 15.2. The van der Waals surface area contributed by atoms with E-state index >= 15 is 0 Å². The number of pyridine rings is 1. The number of carbonyl (C=O) groups excluding carboxylic acids is 1. The number of anilines is 1. The van der Waals surface area contributed by atoms with Crippen molar-refractivity contribution < 1.29 is 27.9 Å². The Labute approximate surface area is 189 Å². The highest BCUT2D eigenvalue weighted by Crippen LogP contribution is 2.35. The fourth-order valence-electron chi connectivity index (χ4n) is 2.73. The lowest BCUT2D eigenvalue weighted by Crippen LogP contribution is -2.19. The summed E-state index contributed by atoms with van der Waals surface area (Å²) in [5.41, 5.74) is -2.48. The van der Waals surface area contributed by atoms with Gasteiger partial charge in [-0.15, -0.1) is 0 Å². The van der Waals surface area contributed by atoms with Crippen LogP contribution in [0.15, 0.2) is 30.5 Å². The first-order chi connectivity index (χ1) is 15.1. The Morgan fingerprint density at radius 3 is 2.59 bits per heavy atom. The number of aromatic carboxylic acids is 1. The molecule has 0 atom stereocenters. The average Bonchev–Trinajstić information content (AvgIpc) is 3.37. The standard InChI is InChI=1S/C17H7Cl2F3N6O3S/c18-7-2-1-3-23-14(7)28-9(5-10(25-28)17(20,21)22)15(29)24-12-6(16(30)31)4-8-13(11(12)19)27-32-26-8/h1-5H,(H,24,29)(H,30,31). The van der Waals surface area contributed by atoms with E-state index in [0.717, 1.165) is 17.8 Å². The second-order valence-corrected chi connectivity index (χ2v) is 7.45. The third-order valence-electron chi connectivity index (χ3n) is 4.13. The van der Waals surface area contributed by atoms with Gasteiger partial charge in [0.2, 0.25) is 0 Å². The van der Waals surface area contributed by atoms with E-state index in [1.54, 1.807) is 0 Å². The molecular weight excluding hydrogens is 496 g/mol. The normalized spacial score (nSPS) is 11.7. The van der Waals surface area contributed by atoms with Crippen molar-refractivity contribution in [3.63, 3.8) is 0 Å². The van der Waals surface area contributed by atoms with Gasteiger partial charge in [0.25, 0.3) is 5.91 Å². The number of halogens is 5. The molecule has 1 amide bonds. The van der Waals surface area contributed by atoms with Crippen LogP contribution < -0.4 is 5.32 Å². The molecule has 0 saturated carbocycles. The number of nitrogens with one attached hydrogen (secondary N) is 1. The molecule has 3 aromatic heterocycles. The molecule has 0 radical (unpaired) electrons. The Hall–Kier alpha value is -3.29. The molecule has 0 aliphatic carbocycles. The van der Waals surface area contributed by atoms with Gasteiger partial charge in [-0.3, -0.25) is 4.79 Å². The molecule has 0 fully saturated rings. The van der Waals surface area contributed by atoms with Gasteiger partial charge in [-0.25, -0.2) is 14.5 Å².